The topological polar surface area (TPSA) is 157 Å². The van der Waals surface area contributed by atoms with E-state index in [9.17, 15) is 25.1 Å². The van der Waals surface area contributed by atoms with Crippen LogP contribution in [0.1, 0.15) is 85.0 Å². The molecule has 0 aromatic heterocycles. The molecular formula is C35H45AcN5O7. The van der Waals surface area contributed by atoms with Gasteiger partial charge in [0.15, 0.2) is 23.0 Å². The van der Waals surface area contributed by atoms with Crippen LogP contribution in [0.25, 0.3) is 0 Å². The van der Waals surface area contributed by atoms with Gasteiger partial charge in [0.2, 0.25) is 18.6 Å². The Morgan fingerprint density at radius 3 is 2.54 bits per heavy atom. The number of likely N-dealkylation sites (N-methyl/N-ethyl adjacent to an activating group) is 1. The number of unbranched alkanes of at least 4 members (excludes halogenated alkanes) is 2. The van der Waals surface area contributed by atoms with Crippen LogP contribution in [0.5, 0.6) is 28.7 Å². The molecule has 12 nitrogen and oxygen atoms in total. The molecule has 6 atom stereocenters. The molecule has 1 radical (unpaired) electrons. The van der Waals surface area contributed by atoms with E-state index < -0.39 is 18.1 Å². The molecule has 255 valence electrons. The number of methoxy groups -OCH3 is 1. The van der Waals surface area contributed by atoms with Crippen LogP contribution in [0.15, 0.2) is 6.07 Å². The summed E-state index contributed by atoms with van der Waals surface area (Å²) in [5.41, 5.74) is 4.45. The monoisotopic (exact) mass is 874 g/mol. The van der Waals surface area contributed by atoms with Gasteiger partial charge in [-0.25, -0.2) is 0 Å². The molecule has 0 aliphatic carbocycles. The third-order valence-corrected chi connectivity index (χ3v) is 10.5. The summed E-state index contributed by atoms with van der Waals surface area (Å²) in [6.07, 6.45) is 3.96. The number of piperazine rings is 1. The van der Waals surface area contributed by atoms with E-state index in [4.69, 9.17) is 14.2 Å². The van der Waals surface area contributed by atoms with Crippen molar-refractivity contribution < 1.29 is 78.1 Å². The van der Waals surface area contributed by atoms with E-state index >= 15 is 0 Å². The SMILES string of the molecule is CCCCCC(=O)N[C@@H](C)C(=O)NC[C@H]1c2c(c(O)c(C)c3c2OCO3)CC2[C@H]3c4c(cc(C)c(OC)c4O)C[C@@H]([C@H](C#N)N21)N3C.[Ac]. The number of aryl methyl sites for hydroxylation is 1. The molecule has 4 N–H and O–H groups in total. The number of carbonyl (C=O) groups is 2. The summed E-state index contributed by atoms with van der Waals surface area (Å²) in [5, 5.41) is 39.8. The second kappa shape index (κ2) is 14.6. The Bertz CT molecular complexity index is 1640. The maximum absolute atomic E-state index is 13.4. The van der Waals surface area contributed by atoms with Crippen LogP contribution >= 0.6 is 0 Å². The van der Waals surface area contributed by atoms with Gasteiger partial charge in [0.25, 0.3) is 0 Å². The first-order valence-corrected chi connectivity index (χ1v) is 16.5. The second-order valence-electron chi connectivity index (χ2n) is 13.3. The molecule has 1 fully saturated rings. The van der Waals surface area contributed by atoms with Gasteiger partial charge in [0.05, 0.1) is 25.3 Å². The fourth-order valence-corrected chi connectivity index (χ4v) is 8.31. The minimum atomic E-state index is -0.766. The molecule has 0 saturated carbocycles. The van der Waals surface area contributed by atoms with Crippen LogP contribution in [0.3, 0.4) is 0 Å². The Kier molecular flexibility index (Phi) is 11.1. The molecule has 1 unspecified atom stereocenters. The standard InChI is InChI=1S/C35H45N5O7.Ac/c1-7-8-9-10-26(41)38-19(4)35(44)37-15-25-28-21(30(42)18(3)33-34(28)47-16-46-33)13-23-29-27-20(11-17(2)32(45-6)31(27)43)12-22(39(29)5)24(14-36)40(23)25;/h11,19,22-25,29,42-43H,7-10,12-13,15-16H2,1-6H3,(H,37,44)(H,38,41);/t19-,22-,23?,24-,25-,29-;/m0./s1. The summed E-state index contributed by atoms with van der Waals surface area (Å²) in [5.74, 6) is 1.02. The number of phenolic OH excluding ortho intramolecular Hbond substituents is 2. The summed E-state index contributed by atoms with van der Waals surface area (Å²) in [4.78, 5) is 30.2. The predicted octanol–water partition coefficient (Wildman–Crippen LogP) is 3.42. The summed E-state index contributed by atoms with van der Waals surface area (Å²) >= 11 is 0. The van der Waals surface area contributed by atoms with Gasteiger partial charge in [-0.2, -0.15) is 5.26 Å². The van der Waals surface area contributed by atoms with Crippen LogP contribution in [-0.4, -0.2) is 83.5 Å². The third kappa shape index (κ3) is 6.01. The molecule has 2 aromatic carbocycles. The maximum atomic E-state index is 13.4. The molecule has 2 aromatic rings. The van der Waals surface area contributed by atoms with Gasteiger partial charge in [-0.15, -0.1) is 0 Å². The van der Waals surface area contributed by atoms with Gasteiger partial charge in [-0.05, 0) is 58.2 Å². The van der Waals surface area contributed by atoms with E-state index in [1.165, 1.54) is 7.11 Å². The number of carbonyl (C=O) groups excluding carboxylic acids is 2. The zero-order chi connectivity index (χ0) is 33.7. The number of nitrogens with one attached hydrogen (secondary N) is 2. The van der Waals surface area contributed by atoms with Gasteiger partial charge in [0, 0.05) is 91.4 Å². The summed E-state index contributed by atoms with van der Waals surface area (Å²) < 4.78 is 17.4. The molecule has 4 aliphatic heterocycles. The van der Waals surface area contributed by atoms with E-state index in [0.29, 0.717) is 53.2 Å². The van der Waals surface area contributed by atoms with Crippen LogP contribution < -0.4 is 24.8 Å². The molecule has 2 amide bonds. The molecule has 1 saturated heterocycles. The Labute approximate surface area is 317 Å². The normalized spacial score (nSPS) is 24.2. The number of ether oxygens (including phenoxy) is 3. The van der Waals surface area contributed by atoms with Crippen molar-refractivity contribution in [1.29, 1.82) is 5.26 Å². The molecule has 4 aliphatic rings. The fraction of sp³-hybridized carbons (Fsp3) is 0.571. The van der Waals surface area contributed by atoms with Crippen LogP contribution in [-0.2, 0) is 22.4 Å². The number of aromatic hydroxyl groups is 2. The average molecular weight is 875 g/mol. The summed E-state index contributed by atoms with van der Waals surface area (Å²) in [6, 6.07) is 1.75. The Hall–Kier alpha value is -2.77. The van der Waals surface area contributed by atoms with Gasteiger partial charge in [-0.1, -0.05) is 25.8 Å². The van der Waals surface area contributed by atoms with Crippen LogP contribution in [0, 0.1) is 69.2 Å². The van der Waals surface area contributed by atoms with Crippen molar-refractivity contribution >= 4 is 11.8 Å². The van der Waals surface area contributed by atoms with Gasteiger partial charge in [-0.3, -0.25) is 19.4 Å². The average Bonchev–Trinajstić information content (AvgIpc) is 3.53. The van der Waals surface area contributed by atoms with E-state index in [1.54, 1.807) is 13.8 Å². The first kappa shape index (κ1) is 36.5. The van der Waals surface area contributed by atoms with Crippen LogP contribution in [0.4, 0.5) is 0 Å². The van der Waals surface area contributed by atoms with Crippen molar-refractivity contribution in [1.82, 2.24) is 20.4 Å². The number of nitriles is 1. The van der Waals surface area contributed by atoms with Crippen molar-refractivity contribution in [3.05, 3.63) is 39.4 Å². The Morgan fingerprint density at radius 1 is 1.12 bits per heavy atom. The summed E-state index contributed by atoms with van der Waals surface area (Å²) in [7, 11) is 3.52. The number of phenols is 2. The zero-order valence-electron chi connectivity index (χ0n) is 28.6. The Morgan fingerprint density at radius 2 is 1.85 bits per heavy atom. The maximum Gasteiger partial charge on any atom is 0.242 e. The minimum Gasteiger partial charge on any atom is -0.507 e. The largest absolute Gasteiger partial charge is 0.507 e. The van der Waals surface area contributed by atoms with Crippen molar-refractivity contribution in [2.75, 3.05) is 27.5 Å². The third-order valence-electron chi connectivity index (χ3n) is 10.5. The number of nitrogens with zero attached hydrogens (tertiary/aromatic N) is 3. The molecule has 6 rings (SSSR count). The van der Waals surface area contributed by atoms with Crippen molar-refractivity contribution in [2.24, 2.45) is 0 Å². The van der Waals surface area contributed by atoms with Gasteiger partial charge in [0.1, 0.15) is 17.8 Å². The minimum absolute atomic E-state index is 0. The predicted molar refractivity (Wildman–Crippen MR) is 173 cm³/mol. The number of hydrogen-bond acceptors (Lipinski definition) is 10. The van der Waals surface area contributed by atoms with Crippen molar-refractivity contribution in [3.63, 3.8) is 0 Å². The zero-order valence-corrected chi connectivity index (χ0v) is 33.3. The molecule has 4 heterocycles. The first-order valence-electron chi connectivity index (χ1n) is 16.5. The summed E-state index contributed by atoms with van der Waals surface area (Å²) in [6.45, 7) is 7.49. The van der Waals surface area contributed by atoms with E-state index in [2.05, 4.69) is 33.4 Å². The fourth-order valence-electron chi connectivity index (χ4n) is 8.31. The van der Waals surface area contributed by atoms with E-state index in [-0.39, 0.29) is 98.8 Å². The van der Waals surface area contributed by atoms with Gasteiger partial charge >= 0.3 is 0 Å². The molecule has 13 heteroatoms. The molecular weight excluding hydrogens is 829 g/mol. The van der Waals surface area contributed by atoms with Gasteiger partial charge < -0.3 is 35.1 Å². The molecule has 48 heavy (non-hydrogen) atoms. The number of benzene rings is 2. The number of hydrogen-bond donors (Lipinski definition) is 4. The van der Waals surface area contributed by atoms with Crippen LogP contribution in [0.2, 0.25) is 0 Å². The first-order chi connectivity index (χ1) is 22.5. The molecule has 2 bridgehead atoms. The second-order valence-corrected chi connectivity index (χ2v) is 13.3. The number of amides is 2. The Balaban J connectivity index is 0.00000451. The number of rotatable bonds is 9. The quantitative estimate of drug-likeness (QED) is 0.276. The van der Waals surface area contributed by atoms with E-state index in [1.807, 2.05) is 20.0 Å². The van der Waals surface area contributed by atoms with Crippen molar-refractivity contribution in [2.45, 2.75) is 102 Å². The number of fused-ring (bicyclic) bond motifs is 9. The molecule has 0 spiro atoms. The smallest absolute Gasteiger partial charge is 0.242 e. The van der Waals surface area contributed by atoms with Crippen molar-refractivity contribution in [3.8, 4) is 34.8 Å². The van der Waals surface area contributed by atoms with E-state index in [0.717, 1.165) is 36.0 Å².